The topological polar surface area (TPSA) is 61.5 Å². The number of ether oxygens (including phenoxy) is 2. The molecule has 0 aliphatic carbocycles. The molecular formula is C17H25NO3. The molecule has 1 aliphatic rings. The first-order valence-electron chi connectivity index (χ1n) is 7.70. The lowest BCUT2D eigenvalue weighted by Gasteiger charge is -2.31. The lowest BCUT2D eigenvalue weighted by Crippen LogP contribution is -2.35. The van der Waals surface area contributed by atoms with Crippen molar-refractivity contribution in [2.24, 2.45) is 5.73 Å². The van der Waals surface area contributed by atoms with Gasteiger partial charge in [0.2, 0.25) is 0 Å². The van der Waals surface area contributed by atoms with Gasteiger partial charge in [0, 0.05) is 25.3 Å². The van der Waals surface area contributed by atoms with Crippen LogP contribution in [0, 0.1) is 0 Å². The summed E-state index contributed by atoms with van der Waals surface area (Å²) in [5.41, 5.74) is 7.15. The largest absolute Gasteiger partial charge is 0.462 e. The summed E-state index contributed by atoms with van der Waals surface area (Å²) in [6, 6.07) is 9.72. The molecule has 3 unspecified atom stereocenters. The van der Waals surface area contributed by atoms with E-state index in [0.717, 1.165) is 18.4 Å². The molecule has 0 amide bonds. The van der Waals surface area contributed by atoms with Crippen molar-refractivity contribution in [1.82, 2.24) is 0 Å². The number of carbonyl (C=O) groups is 1. The minimum atomic E-state index is -0.160. The summed E-state index contributed by atoms with van der Waals surface area (Å²) < 4.78 is 11.2. The van der Waals surface area contributed by atoms with Crippen LogP contribution in [0.3, 0.4) is 0 Å². The Balaban J connectivity index is 1.74. The van der Waals surface area contributed by atoms with Crippen LogP contribution in [0.5, 0.6) is 0 Å². The van der Waals surface area contributed by atoms with Crippen molar-refractivity contribution < 1.29 is 14.3 Å². The monoisotopic (exact) mass is 291 g/mol. The third kappa shape index (κ3) is 5.14. The highest BCUT2D eigenvalue weighted by molar-refractivity contribution is 5.69. The van der Waals surface area contributed by atoms with Crippen LogP contribution in [0.4, 0.5) is 0 Å². The molecule has 1 saturated heterocycles. The molecule has 0 aromatic heterocycles. The van der Waals surface area contributed by atoms with E-state index < -0.39 is 0 Å². The van der Waals surface area contributed by atoms with Gasteiger partial charge in [-0.05, 0) is 25.8 Å². The van der Waals surface area contributed by atoms with Crippen LogP contribution in [0.15, 0.2) is 30.3 Å². The number of hydrogen-bond donors (Lipinski definition) is 1. The maximum Gasteiger partial charge on any atom is 0.306 e. The average molecular weight is 291 g/mol. The molecule has 2 N–H and O–H groups in total. The third-order valence-corrected chi connectivity index (χ3v) is 3.84. The van der Waals surface area contributed by atoms with Gasteiger partial charge in [0.05, 0.1) is 12.2 Å². The second-order valence-corrected chi connectivity index (χ2v) is 5.90. The number of esters is 1. The fraction of sp³-hybridized carbons (Fsp3) is 0.588. The summed E-state index contributed by atoms with van der Waals surface area (Å²) >= 11 is 0. The molecule has 0 saturated carbocycles. The van der Waals surface area contributed by atoms with E-state index in [9.17, 15) is 4.79 Å². The molecular weight excluding hydrogens is 266 g/mol. The van der Waals surface area contributed by atoms with Gasteiger partial charge < -0.3 is 15.2 Å². The van der Waals surface area contributed by atoms with Crippen LogP contribution in [-0.4, -0.2) is 24.3 Å². The van der Waals surface area contributed by atoms with E-state index in [-0.39, 0.29) is 30.3 Å². The molecule has 4 heteroatoms. The van der Waals surface area contributed by atoms with Crippen molar-refractivity contribution in [1.29, 1.82) is 0 Å². The molecule has 0 spiro atoms. The Morgan fingerprint density at radius 1 is 1.29 bits per heavy atom. The summed E-state index contributed by atoms with van der Waals surface area (Å²) in [4.78, 5) is 11.9. The summed E-state index contributed by atoms with van der Waals surface area (Å²) in [6.07, 6.45) is 2.80. The second-order valence-electron chi connectivity index (χ2n) is 5.90. The molecule has 1 aromatic carbocycles. The van der Waals surface area contributed by atoms with Crippen LogP contribution >= 0.6 is 0 Å². The van der Waals surface area contributed by atoms with E-state index in [1.165, 1.54) is 0 Å². The number of rotatable bonds is 5. The Morgan fingerprint density at radius 2 is 1.90 bits per heavy atom. The zero-order chi connectivity index (χ0) is 15.2. The second kappa shape index (κ2) is 7.57. The molecule has 1 heterocycles. The highest BCUT2D eigenvalue weighted by Gasteiger charge is 2.27. The van der Waals surface area contributed by atoms with Gasteiger partial charge in [0.25, 0.3) is 0 Å². The van der Waals surface area contributed by atoms with Gasteiger partial charge in [-0.1, -0.05) is 30.3 Å². The molecule has 116 valence electrons. The number of benzene rings is 1. The van der Waals surface area contributed by atoms with Crippen LogP contribution in [0.25, 0.3) is 0 Å². The highest BCUT2D eigenvalue weighted by atomic mass is 16.6. The van der Waals surface area contributed by atoms with E-state index in [0.29, 0.717) is 12.8 Å². The van der Waals surface area contributed by atoms with Gasteiger partial charge in [-0.2, -0.15) is 0 Å². The standard InChI is InChI=1S/C17H25NO3/c1-12-10-15(11-13(2)20-12)21-17(19)9-8-16(18)14-6-4-3-5-7-14/h3-7,12-13,15-16H,8-11,18H2,1-2H3. The van der Waals surface area contributed by atoms with Crippen LogP contribution in [0.2, 0.25) is 0 Å². The first-order valence-corrected chi connectivity index (χ1v) is 7.70. The minimum absolute atomic E-state index is 0.0239. The first-order chi connectivity index (χ1) is 10.0. The van der Waals surface area contributed by atoms with E-state index in [2.05, 4.69) is 0 Å². The smallest absolute Gasteiger partial charge is 0.306 e. The summed E-state index contributed by atoms with van der Waals surface area (Å²) in [7, 11) is 0. The number of nitrogens with two attached hydrogens (primary N) is 1. The Morgan fingerprint density at radius 3 is 2.52 bits per heavy atom. The van der Waals surface area contributed by atoms with Crippen molar-refractivity contribution in [3.8, 4) is 0 Å². The minimum Gasteiger partial charge on any atom is -0.462 e. The van der Waals surface area contributed by atoms with Gasteiger partial charge in [-0.3, -0.25) is 4.79 Å². The molecule has 1 aromatic rings. The third-order valence-electron chi connectivity index (χ3n) is 3.84. The SMILES string of the molecule is CC1CC(OC(=O)CCC(N)c2ccccc2)CC(C)O1. The lowest BCUT2D eigenvalue weighted by atomic mass is 10.0. The molecule has 21 heavy (non-hydrogen) atoms. The molecule has 3 atom stereocenters. The average Bonchev–Trinajstić information content (AvgIpc) is 2.44. The quantitative estimate of drug-likeness (QED) is 0.847. The van der Waals surface area contributed by atoms with Gasteiger partial charge >= 0.3 is 5.97 Å². The van der Waals surface area contributed by atoms with Crippen LogP contribution in [-0.2, 0) is 14.3 Å². The summed E-state index contributed by atoms with van der Waals surface area (Å²) in [5.74, 6) is -0.160. The van der Waals surface area contributed by atoms with Crippen molar-refractivity contribution >= 4 is 5.97 Å². The van der Waals surface area contributed by atoms with Crippen LogP contribution < -0.4 is 5.73 Å². The summed E-state index contributed by atoms with van der Waals surface area (Å²) in [6.45, 7) is 4.03. The van der Waals surface area contributed by atoms with Gasteiger partial charge in [-0.15, -0.1) is 0 Å². The highest BCUT2D eigenvalue weighted by Crippen LogP contribution is 2.23. The molecule has 4 nitrogen and oxygen atoms in total. The first kappa shape index (κ1) is 16.0. The normalized spacial score (nSPS) is 27.1. The van der Waals surface area contributed by atoms with Crippen molar-refractivity contribution in [3.63, 3.8) is 0 Å². The van der Waals surface area contributed by atoms with E-state index in [1.807, 2.05) is 44.2 Å². The zero-order valence-corrected chi connectivity index (χ0v) is 12.8. The molecule has 0 bridgehead atoms. The maximum atomic E-state index is 11.9. The molecule has 1 aliphatic heterocycles. The van der Waals surface area contributed by atoms with Crippen molar-refractivity contribution in [2.75, 3.05) is 0 Å². The van der Waals surface area contributed by atoms with E-state index in [1.54, 1.807) is 0 Å². The summed E-state index contributed by atoms with van der Waals surface area (Å²) in [5, 5.41) is 0. The Kier molecular flexibility index (Phi) is 5.76. The molecule has 1 fully saturated rings. The number of hydrogen-bond acceptors (Lipinski definition) is 4. The maximum absolute atomic E-state index is 11.9. The van der Waals surface area contributed by atoms with Gasteiger partial charge in [-0.25, -0.2) is 0 Å². The van der Waals surface area contributed by atoms with Crippen molar-refractivity contribution in [3.05, 3.63) is 35.9 Å². The Bertz CT molecular complexity index is 439. The Hall–Kier alpha value is -1.39. The number of carbonyl (C=O) groups excluding carboxylic acids is 1. The molecule has 2 rings (SSSR count). The van der Waals surface area contributed by atoms with E-state index >= 15 is 0 Å². The zero-order valence-electron chi connectivity index (χ0n) is 12.8. The van der Waals surface area contributed by atoms with E-state index in [4.69, 9.17) is 15.2 Å². The molecule has 0 radical (unpaired) electrons. The van der Waals surface area contributed by atoms with Gasteiger partial charge in [0.15, 0.2) is 0 Å². The lowest BCUT2D eigenvalue weighted by molar-refractivity contribution is -0.159. The predicted octanol–water partition coefficient (Wildman–Crippen LogP) is 2.97. The van der Waals surface area contributed by atoms with Crippen LogP contribution in [0.1, 0.15) is 51.1 Å². The fourth-order valence-corrected chi connectivity index (χ4v) is 2.83. The Labute approximate surface area is 126 Å². The van der Waals surface area contributed by atoms with Crippen molar-refractivity contribution in [2.45, 2.75) is 63.9 Å². The predicted molar refractivity (Wildman–Crippen MR) is 81.7 cm³/mol. The fourth-order valence-electron chi connectivity index (χ4n) is 2.83. The van der Waals surface area contributed by atoms with Gasteiger partial charge in [0.1, 0.15) is 6.10 Å².